The van der Waals surface area contributed by atoms with E-state index in [2.05, 4.69) is 27.7 Å². The van der Waals surface area contributed by atoms with E-state index in [0.29, 0.717) is 56.5 Å². The molecular weight excluding hydrogens is 524 g/mol. The largest absolute Gasteiger partial charge is 0.465 e. The van der Waals surface area contributed by atoms with Crippen molar-refractivity contribution < 1.29 is 23.9 Å². The van der Waals surface area contributed by atoms with E-state index in [4.69, 9.17) is 9.47 Å². The van der Waals surface area contributed by atoms with E-state index in [0.717, 1.165) is 64.2 Å². The maximum Gasteiger partial charge on any atom is 0.305 e. The highest BCUT2D eigenvalue weighted by molar-refractivity contribution is 5.78. The molecular formula is C37H70O5. The maximum atomic E-state index is 12.2. The van der Waals surface area contributed by atoms with Crippen LogP contribution in [0.4, 0.5) is 0 Å². The zero-order valence-electron chi connectivity index (χ0n) is 28.5. The standard InChI is InChI=1S/C37H70O5/c1-5-9-13-17-25-33(23-11-7-3)31-41-36(39)29-21-15-19-27-35(38)28-20-16-22-30-37(40)42-32-34(24-12-8-4)26-18-14-10-6-2/h33-34H,5-32H2,1-4H3. The Labute approximate surface area is 261 Å². The summed E-state index contributed by atoms with van der Waals surface area (Å²) in [4.78, 5) is 36.6. The van der Waals surface area contributed by atoms with Crippen LogP contribution in [-0.4, -0.2) is 30.9 Å². The van der Waals surface area contributed by atoms with Crippen molar-refractivity contribution in [1.82, 2.24) is 0 Å². The lowest BCUT2D eigenvalue weighted by Crippen LogP contribution is -2.14. The molecule has 0 N–H and O–H groups in total. The SMILES string of the molecule is CCCCCCC(CCCC)COC(=O)CCCCCC(=O)CCCCCC(=O)OCC(CCCC)CCCCCC. The molecule has 42 heavy (non-hydrogen) atoms. The predicted molar refractivity (Wildman–Crippen MR) is 177 cm³/mol. The molecule has 0 spiro atoms. The van der Waals surface area contributed by atoms with Gasteiger partial charge in [0, 0.05) is 25.7 Å². The minimum atomic E-state index is -0.0848. The minimum Gasteiger partial charge on any atom is -0.465 e. The smallest absolute Gasteiger partial charge is 0.305 e. The van der Waals surface area contributed by atoms with E-state index in [-0.39, 0.29) is 11.9 Å². The van der Waals surface area contributed by atoms with E-state index < -0.39 is 0 Å². The van der Waals surface area contributed by atoms with Crippen LogP contribution in [0.3, 0.4) is 0 Å². The van der Waals surface area contributed by atoms with Crippen LogP contribution < -0.4 is 0 Å². The van der Waals surface area contributed by atoms with Crippen molar-refractivity contribution in [1.29, 1.82) is 0 Å². The number of carbonyl (C=O) groups is 3. The molecule has 0 saturated heterocycles. The summed E-state index contributed by atoms with van der Waals surface area (Å²) in [6.07, 6.45) is 26.7. The summed E-state index contributed by atoms with van der Waals surface area (Å²) < 4.78 is 11.2. The van der Waals surface area contributed by atoms with Gasteiger partial charge >= 0.3 is 11.9 Å². The lowest BCUT2D eigenvalue weighted by Gasteiger charge is -2.17. The average molecular weight is 595 g/mol. The molecule has 0 radical (unpaired) electrons. The Bertz CT molecular complexity index is 580. The van der Waals surface area contributed by atoms with Crippen molar-refractivity contribution in [2.75, 3.05) is 13.2 Å². The number of rotatable bonds is 32. The van der Waals surface area contributed by atoms with Crippen molar-refractivity contribution >= 4 is 17.7 Å². The molecule has 0 aromatic carbocycles. The fourth-order valence-electron chi connectivity index (χ4n) is 5.55. The number of hydrogen-bond acceptors (Lipinski definition) is 5. The van der Waals surface area contributed by atoms with Crippen molar-refractivity contribution in [3.63, 3.8) is 0 Å². The molecule has 0 heterocycles. The second-order valence-corrected chi connectivity index (χ2v) is 12.7. The molecule has 0 aliphatic carbocycles. The van der Waals surface area contributed by atoms with Gasteiger partial charge in [-0.2, -0.15) is 0 Å². The molecule has 0 rings (SSSR count). The fourth-order valence-corrected chi connectivity index (χ4v) is 5.55. The van der Waals surface area contributed by atoms with Crippen LogP contribution in [0.2, 0.25) is 0 Å². The van der Waals surface area contributed by atoms with E-state index in [1.54, 1.807) is 0 Å². The van der Waals surface area contributed by atoms with E-state index in [1.165, 1.54) is 77.0 Å². The van der Waals surface area contributed by atoms with Gasteiger partial charge in [-0.1, -0.05) is 118 Å². The molecule has 0 fully saturated rings. The number of carbonyl (C=O) groups excluding carboxylic acids is 3. The molecule has 2 atom stereocenters. The molecule has 0 aromatic heterocycles. The molecule has 0 amide bonds. The van der Waals surface area contributed by atoms with Gasteiger partial charge in [0.1, 0.15) is 5.78 Å². The zero-order valence-corrected chi connectivity index (χ0v) is 28.5. The van der Waals surface area contributed by atoms with E-state index in [9.17, 15) is 14.4 Å². The molecule has 2 unspecified atom stereocenters. The van der Waals surface area contributed by atoms with E-state index >= 15 is 0 Å². The third-order valence-corrected chi connectivity index (χ3v) is 8.50. The third-order valence-electron chi connectivity index (χ3n) is 8.50. The molecule has 0 bridgehead atoms. The van der Waals surface area contributed by atoms with Crippen LogP contribution in [0.25, 0.3) is 0 Å². The second-order valence-electron chi connectivity index (χ2n) is 12.7. The van der Waals surface area contributed by atoms with Crippen molar-refractivity contribution in [3.05, 3.63) is 0 Å². The van der Waals surface area contributed by atoms with Gasteiger partial charge in [0.25, 0.3) is 0 Å². The van der Waals surface area contributed by atoms with Gasteiger partial charge in [-0.25, -0.2) is 0 Å². The first-order valence-corrected chi connectivity index (χ1v) is 18.3. The summed E-state index contributed by atoms with van der Waals surface area (Å²) in [5, 5.41) is 0. The first kappa shape index (κ1) is 40.6. The highest BCUT2D eigenvalue weighted by Gasteiger charge is 2.13. The molecule has 248 valence electrons. The van der Waals surface area contributed by atoms with Gasteiger partial charge in [-0.15, -0.1) is 0 Å². The van der Waals surface area contributed by atoms with Crippen molar-refractivity contribution in [3.8, 4) is 0 Å². The van der Waals surface area contributed by atoms with Gasteiger partial charge in [-0.05, 0) is 63.2 Å². The molecule has 0 saturated carbocycles. The lowest BCUT2D eigenvalue weighted by atomic mass is 9.96. The lowest BCUT2D eigenvalue weighted by molar-refractivity contribution is -0.146. The van der Waals surface area contributed by atoms with Gasteiger partial charge < -0.3 is 9.47 Å². The number of esters is 2. The monoisotopic (exact) mass is 595 g/mol. The van der Waals surface area contributed by atoms with Crippen LogP contribution in [0.15, 0.2) is 0 Å². The first-order chi connectivity index (χ1) is 20.5. The Morgan fingerprint density at radius 2 is 0.738 bits per heavy atom. The van der Waals surface area contributed by atoms with Crippen molar-refractivity contribution in [2.24, 2.45) is 11.8 Å². The Kier molecular flexibility index (Phi) is 30.0. The highest BCUT2D eigenvalue weighted by Crippen LogP contribution is 2.20. The summed E-state index contributed by atoms with van der Waals surface area (Å²) in [7, 11) is 0. The molecule has 0 aromatic rings. The van der Waals surface area contributed by atoms with Gasteiger partial charge in [0.15, 0.2) is 0 Å². The van der Waals surface area contributed by atoms with Gasteiger partial charge in [0.2, 0.25) is 0 Å². The predicted octanol–water partition coefficient (Wildman–Crippen LogP) is 11.1. The van der Waals surface area contributed by atoms with Gasteiger partial charge in [0.05, 0.1) is 13.2 Å². The highest BCUT2D eigenvalue weighted by atomic mass is 16.5. The second kappa shape index (κ2) is 31.0. The Morgan fingerprint density at radius 3 is 1.12 bits per heavy atom. The molecule has 0 aliphatic rings. The van der Waals surface area contributed by atoms with Crippen LogP contribution in [-0.2, 0) is 23.9 Å². The number of Topliss-reactive ketones (excluding diaryl/α,β-unsaturated/α-hetero) is 1. The van der Waals surface area contributed by atoms with Crippen LogP contribution in [0.5, 0.6) is 0 Å². The quantitative estimate of drug-likeness (QED) is 0.0572. The summed E-state index contributed by atoms with van der Waals surface area (Å²) >= 11 is 0. The van der Waals surface area contributed by atoms with Crippen LogP contribution in [0.1, 0.15) is 195 Å². The van der Waals surface area contributed by atoms with E-state index in [1.807, 2.05) is 0 Å². The molecule has 5 nitrogen and oxygen atoms in total. The number of hydrogen-bond donors (Lipinski definition) is 0. The summed E-state index contributed by atoms with van der Waals surface area (Å²) in [6, 6.07) is 0. The molecule has 0 aliphatic heterocycles. The molecule has 5 heteroatoms. The number of ketones is 1. The fraction of sp³-hybridized carbons (Fsp3) is 0.919. The maximum absolute atomic E-state index is 12.2. The number of ether oxygens (including phenoxy) is 2. The zero-order chi connectivity index (χ0) is 31.1. The number of unbranched alkanes of at least 4 members (excludes halogenated alkanes) is 12. The Hall–Kier alpha value is -1.39. The average Bonchev–Trinajstić information content (AvgIpc) is 2.98. The van der Waals surface area contributed by atoms with Crippen LogP contribution in [0, 0.1) is 11.8 Å². The minimum absolute atomic E-state index is 0.0848. The summed E-state index contributed by atoms with van der Waals surface area (Å²) in [6.45, 7) is 10.0. The first-order valence-electron chi connectivity index (χ1n) is 18.3. The Morgan fingerprint density at radius 1 is 0.405 bits per heavy atom. The third kappa shape index (κ3) is 27.4. The van der Waals surface area contributed by atoms with Crippen molar-refractivity contribution in [2.45, 2.75) is 195 Å². The van der Waals surface area contributed by atoms with Gasteiger partial charge in [-0.3, -0.25) is 14.4 Å². The topological polar surface area (TPSA) is 69.7 Å². The summed E-state index contributed by atoms with van der Waals surface area (Å²) in [5.41, 5.74) is 0. The summed E-state index contributed by atoms with van der Waals surface area (Å²) in [5.74, 6) is 1.13. The Balaban J connectivity index is 3.85. The van der Waals surface area contributed by atoms with Crippen LogP contribution >= 0.6 is 0 Å². The normalized spacial score (nSPS) is 12.7.